The first-order chi connectivity index (χ1) is 7.03. The summed E-state index contributed by atoms with van der Waals surface area (Å²) in [7, 11) is 1.74. The minimum Gasteiger partial charge on any atom is -0.385 e. The number of nitrogens with zero attached hydrogens (tertiary/aromatic N) is 1. The molecule has 5 heteroatoms. The summed E-state index contributed by atoms with van der Waals surface area (Å²) in [5, 5.41) is 6.28. The Morgan fingerprint density at radius 2 is 2.33 bits per heavy atom. The van der Waals surface area contributed by atoms with Crippen LogP contribution in [0.2, 0.25) is 0 Å². The lowest BCUT2D eigenvalue weighted by molar-refractivity contribution is 0.157. The van der Waals surface area contributed by atoms with E-state index in [-0.39, 0.29) is 5.41 Å². The molecular formula is C10H17BrN2OS. The largest absolute Gasteiger partial charge is 0.385 e. The van der Waals surface area contributed by atoms with E-state index in [2.05, 4.69) is 40.1 Å². The first-order valence-electron chi connectivity index (χ1n) is 4.87. The van der Waals surface area contributed by atoms with E-state index >= 15 is 0 Å². The molecule has 0 bridgehead atoms. The SMILES string of the molecule is COCCC(C)(C)CNc1nc(Br)cs1. The minimum atomic E-state index is 0.230. The molecule has 0 amide bonds. The van der Waals surface area contributed by atoms with E-state index in [4.69, 9.17) is 4.74 Å². The van der Waals surface area contributed by atoms with Crippen LogP contribution in [-0.2, 0) is 4.74 Å². The second kappa shape index (κ2) is 5.82. The Hall–Kier alpha value is -0.130. The van der Waals surface area contributed by atoms with E-state index < -0.39 is 0 Å². The van der Waals surface area contributed by atoms with E-state index in [0.29, 0.717) is 0 Å². The van der Waals surface area contributed by atoms with Gasteiger partial charge in [0.2, 0.25) is 0 Å². The lowest BCUT2D eigenvalue weighted by Gasteiger charge is -2.24. The smallest absolute Gasteiger partial charge is 0.183 e. The van der Waals surface area contributed by atoms with Gasteiger partial charge in [-0.1, -0.05) is 13.8 Å². The van der Waals surface area contributed by atoms with Crippen molar-refractivity contribution >= 4 is 32.4 Å². The molecule has 0 unspecified atom stereocenters. The Morgan fingerprint density at radius 1 is 1.60 bits per heavy atom. The summed E-state index contributed by atoms with van der Waals surface area (Å²) >= 11 is 4.95. The summed E-state index contributed by atoms with van der Waals surface area (Å²) < 4.78 is 5.98. The Balaban J connectivity index is 2.35. The molecule has 0 aliphatic rings. The van der Waals surface area contributed by atoms with Gasteiger partial charge in [0.25, 0.3) is 0 Å². The van der Waals surface area contributed by atoms with E-state index in [1.54, 1.807) is 18.4 Å². The normalized spacial score (nSPS) is 11.7. The third-order valence-electron chi connectivity index (χ3n) is 2.18. The predicted molar refractivity (Wildman–Crippen MR) is 68.6 cm³/mol. The topological polar surface area (TPSA) is 34.1 Å². The summed E-state index contributed by atoms with van der Waals surface area (Å²) in [4.78, 5) is 4.29. The van der Waals surface area contributed by atoms with Gasteiger partial charge in [-0.05, 0) is 27.8 Å². The van der Waals surface area contributed by atoms with E-state index in [0.717, 1.165) is 29.3 Å². The highest BCUT2D eigenvalue weighted by molar-refractivity contribution is 9.10. The summed E-state index contributed by atoms with van der Waals surface area (Å²) in [6, 6.07) is 0. The Labute approximate surface area is 103 Å². The number of nitrogens with one attached hydrogen (secondary N) is 1. The van der Waals surface area contributed by atoms with Crippen molar-refractivity contribution in [1.82, 2.24) is 4.98 Å². The molecule has 0 radical (unpaired) electrons. The number of aromatic nitrogens is 1. The van der Waals surface area contributed by atoms with Crippen LogP contribution in [0.1, 0.15) is 20.3 Å². The maximum atomic E-state index is 5.09. The zero-order chi connectivity index (χ0) is 11.3. The van der Waals surface area contributed by atoms with Crippen molar-refractivity contribution in [3.05, 3.63) is 9.98 Å². The fourth-order valence-corrected chi connectivity index (χ4v) is 2.26. The third kappa shape index (κ3) is 4.95. The van der Waals surface area contributed by atoms with Gasteiger partial charge in [0.15, 0.2) is 5.13 Å². The number of rotatable bonds is 6. The van der Waals surface area contributed by atoms with Gasteiger partial charge in [-0.25, -0.2) is 4.98 Å². The van der Waals surface area contributed by atoms with Crippen molar-refractivity contribution in [2.24, 2.45) is 5.41 Å². The molecule has 0 aromatic carbocycles. The minimum absolute atomic E-state index is 0.230. The number of halogens is 1. The van der Waals surface area contributed by atoms with Gasteiger partial charge < -0.3 is 10.1 Å². The van der Waals surface area contributed by atoms with Crippen LogP contribution in [-0.4, -0.2) is 25.2 Å². The monoisotopic (exact) mass is 292 g/mol. The lowest BCUT2D eigenvalue weighted by Crippen LogP contribution is -2.24. The predicted octanol–water partition coefficient (Wildman–Crippen LogP) is 3.38. The van der Waals surface area contributed by atoms with Crippen LogP contribution in [0.25, 0.3) is 0 Å². The molecule has 1 rings (SSSR count). The van der Waals surface area contributed by atoms with Crippen LogP contribution in [0.4, 0.5) is 5.13 Å². The standard InChI is InChI=1S/C10H17BrN2OS/c1-10(2,4-5-14-3)7-12-9-13-8(11)6-15-9/h6H,4-5,7H2,1-3H3,(H,12,13). The maximum Gasteiger partial charge on any atom is 0.183 e. The van der Waals surface area contributed by atoms with Gasteiger partial charge in [-0.15, -0.1) is 11.3 Å². The molecule has 0 aliphatic heterocycles. The molecule has 0 saturated carbocycles. The molecule has 3 nitrogen and oxygen atoms in total. The highest BCUT2D eigenvalue weighted by atomic mass is 79.9. The second-order valence-electron chi connectivity index (χ2n) is 4.24. The molecule has 15 heavy (non-hydrogen) atoms. The summed E-state index contributed by atoms with van der Waals surface area (Å²) in [5.41, 5.74) is 0.230. The molecule has 0 saturated heterocycles. The second-order valence-corrected chi connectivity index (χ2v) is 5.91. The van der Waals surface area contributed by atoms with Crippen molar-refractivity contribution in [1.29, 1.82) is 0 Å². The highest BCUT2D eigenvalue weighted by Gasteiger charge is 2.17. The van der Waals surface area contributed by atoms with Crippen LogP contribution < -0.4 is 5.32 Å². The van der Waals surface area contributed by atoms with Gasteiger partial charge in [0.05, 0.1) is 0 Å². The van der Waals surface area contributed by atoms with Gasteiger partial charge in [-0.2, -0.15) is 0 Å². The van der Waals surface area contributed by atoms with Gasteiger partial charge in [-0.3, -0.25) is 0 Å². The summed E-state index contributed by atoms with van der Waals surface area (Å²) in [5.74, 6) is 0. The fraction of sp³-hybridized carbons (Fsp3) is 0.700. The molecule has 1 aromatic heterocycles. The van der Waals surface area contributed by atoms with E-state index in [1.165, 1.54) is 0 Å². The molecular weight excluding hydrogens is 276 g/mol. The number of hydrogen-bond acceptors (Lipinski definition) is 4. The molecule has 1 heterocycles. The number of ether oxygens (including phenoxy) is 1. The van der Waals surface area contributed by atoms with Crippen molar-refractivity contribution in [3.8, 4) is 0 Å². The number of methoxy groups -OCH3 is 1. The van der Waals surface area contributed by atoms with Crippen LogP contribution in [0.3, 0.4) is 0 Å². The molecule has 1 aromatic rings. The summed E-state index contributed by atoms with van der Waals surface area (Å²) in [6.45, 7) is 6.16. The number of hydrogen-bond donors (Lipinski definition) is 1. The number of anilines is 1. The van der Waals surface area contributed by atoms with Crippen LogP contribution >= 0.6 is 27.3 Å². The third-order valence-corrected chi connectivity index (χ3v) is 3.69. The molecule has 1 N–H and O–H groups in total. The fourth-order valence-electron chi connectivity index (χ4n) is 1.12. The molecule has 0 fully saturated rings. The average Bonchev–Trinajstić information content (AvgIpc) is 2.59. The van der Waals surface area contributed by atoms with Crippen LogP contribution in [0, 0.1) is 5.41 Å². The average molecular weight is 293 g/mol. The van der Waals surface area contributed by atoms with Crippen molar-refractivity contribution in [2.45, 2.75) is 20.3 Å². The Bertz CT molecular complexity index is 301. The Kier molecular flexibility index (Phi) is 5.02. The highest BCUT2D eigenvalue weighted by Crippen LogP contribution is 2.24. The summed E-state index contributed by atoms with van der Waals surface area (Å²) in [6.07, 6.45) is 1.04. The first kappa shape index (κ1) is 12.9. The molecule has 86 valence electrons. The van der Waals surface area contributed by atoms with Crippen LogP contribution in [0.5, 0.6) is 0 Å². The number of thiazole rings is 1. The van der Waals surface area contributed by atoms with Crippen molar-refractivity contribution in [2.75, 3.05) is 25.6 Å². The first-order valence-corrected chi connectivity index (χ1v) is 6.54. The van der Waals surface area contributed by atoms with Gasteiger partial charge >= 0.3 is 0 Å². The molecule has 0 aliphatic carbocycles. The lowest BCUT2D eigenvalue weighted by atomic mass is 9.90. The van der Waals surface area contributed by atoms with Gasteiger partial charge in [0.1, 0.15) is 4.60 Å². The molecule has 0 spiro atoms. The van der Waals surface area contributed by atoms with E-state index in [9.17, 15) is 0 Å². The molecule has 0 atom stereocenters. The van der Waals surface area contributed by atoms with Crippen LogP contribution in [0.15, 0.2) is 9.98 Å². The zero-order valence-corrected chi connectivity index (χ0v) is 11.7. The zero-order valence-electron chi connectivity index (χ0n) is 9.34. The maximum absolute atomic E-state index is 5.09. The van der Waals surface area contributed by atoms with Crippen molar-refractivity contribution in [3.63, 3.8) is 0 Å². The van der Waals surface area contributed by atoms with E-state index in [1.807, 2.05) is 5.38 Å². The Morgan fingerprint density at radius 3 is 2.87 bits per heavy atom. The van der Waals surface area contributed by atoms with Crippen molar-refractivity contribution < 1.29 is 4.74 Å². The van der Waals surface area contributed by atoms with Gasteiger partial charge in [0, 0.05) is 25.6 Å². The quantitative estimate of drug-likeness (QED) is 0.873.